The lowest BCUT2D eigenvalue weighted by molar-refractivity contribution is 0.0840. The normalized spacial score (nSPS) is 20.8. The topological polar surface area (TPSA) is 42.1 Å². The van der Waals surface area contributed by atoms with Gasteiger partial charge in [-0.1, -0.05) is 26.3 Å². The number of aromatic nitrogens is 1. The van der Waals surface area contributed by atoms with Crippen LogP contribution in [0.4, 0.5) is 0 Å². The average molecular weight is 285 g/mol. The maximum absolute atomic E-state index is 13.0. The Bertz CT molecular complexity index is 669. The van der Waals surface area contributed by atoms with E-state index in [2.05, 4.69) is 18.8 Å². The number of benzene rings is 1. The zero-order chi connectivity index (χ0) is 15.0. The van der Waals surface area contributed by atoms with Gasteiger partial charge in [-0.05, 0) is 37.3 Å². The summed E-state index contributed by atoms with van der Waals surface area (Å²) in [7, 11) is 0. The maximum Gasteiger partial charge on any atom is 0.168 e. The first-order valence-electron chi connectivity index (χ1n) is 7.81. The van der Waals surface area contributed by atoms with E-state index >= 15 is 0 Å². The van der Waals surface area contributed by atoms with Gasteiger partial charge in [0.1, 0.15) is 5.75 Å². The molecule has 0 radical (unpaired) electrons. The quantitative estimate of drug-likeness (QED) is 0.836. The highest BCUT2D eigenvalue weighted by Gasteiger charge is 2.40. The molecule has 0 saturated heterocycles. The number of fused-ring (bicyclic) bond motifs is 1. The summed E-state index contributed by atoms with van der Waals surface area (Å²) in [4.78, 5) is 16.2. The third-order valence-electron chi connectivity index (χ3n) is 4.81. The number of carbonyl (C=O) groups is 1. The van der Waals surface area contributed by atoms with Crippen LogP contribution >= 0.6 is 0 Å². The van der Waals surface area contributed by atoms with E-state index in [1.165, 1.54) is 0 Å². The third kappa shape index (κ3) is 2.35. The van der Waals surface area contributed by atoms with Crippen molar-refractivity contribution in [2.75, 3.05) is 6.61 Å². The van der Waals surface area contributed by atoms with Crippen LogP contribution in [-0.4, -0.2) is 17.4 Å². The molecule has 1 saturated carbocycles. The second-order valence-corrected chi connectivity index (χ2v) is 6.61. The fourth-order valence-corrected chi connectivity index (χ4v) is 3.62. The zero-order valence-corrected chi connectivity index (χ0v) is 13.0. The molecular formula is C18H23NO2. The molecule has 1 N–H and O–H groups in total. The lowest BCUT2D eigenvalue weighted by atomic mass is 9.77. The van der Waals surface area contributed by atoms with Gasteiger partial charge >= 0.3 is 0 Å². The van der Waals surface area contributed by atoms with E-state index in [1.54, 1.807) is 0 Å². The van der Waals surface area contributed by atoms with Gasteiger partial charge in [0.2, 0.25) is 0 Å². The fraction of sp³-hybridized carbons (Fsp3) is 0.500. The first kappa shape index (κ1) is 14.2. The predicted molar refractivity (Wildman–Crippen MR) is 84.9 cm³/mol. The summed E-state index contributed by atoms with van der Waals surface area (Å²) in [5.41, 5.74) is 1.86. The van der Waals surface area contributed by atoms with Gasteiger partial charge in [0.15, 0.2) is 5.78 Å². The standard InChI is InChI=1S/C18H23NO2/c1-4-21-15-9-5-8-14-16(15)12(11-19-14)17(20)13-7-6-10-18(13,2)3/h5,8-9,11,13,19H,4,6-7,10H2,1-3H3. The molecule has 1 aliphatic rings. The van der Waals surface area contributed by atoms with E-state index in [9.17, 15) is 4.79 Å². The first-order chi connectivity index (χ1) is 10.0. The van der Waals surface area contributed by atoms with E-state index in [0.717, 1.165) is 41.5 Å². The number of carbonyl (C=O) groups excluding carboxylic acids is 1. The van der Waals surface area contributed by atoms with Crippen LogP contribution in [0.25, 0.3) is 10.9 Å². The SMILES string of the molecule is CCOc1cccc2[nH]cc(C(=O)C3CCCC3(C)C)c12. The van der Waals surface area contributed by atoms with Crippen molar-refractivity contribution in [1.82, 2.24) is 4.98 Å². The molecule has 1 aromatic carbocycles. The van der Waals surface area contributed by atoms with Crippen LogP contribution in [-0.2, 0) is 0 Å². The van der Waals surface area contributed by atoms with Crippen molar-refractivity contribution in [2.45, 2.75) is 40.0 Å². The molecule has 2 aromatic rings. The summed E-state index contributed by atoms with van der Waals surface area (Å²) in [5.74, 6) is 1.18. The Labute approximate surface area is 125 Å². The highest BCUT2D eigenvalue weighted by molar-refractivity contribution is 6.11. The van der Waals surface area contributed by atoms with E-state index in [1.807, 2.05) is 31.3 Å². The van der Waals surface area contributed by atoms with Crippen LogP contribution in [0.15, 0.2) is 24.4 Å². The average Bonchev–Trinajstić information content (AvgIpc) is 3.02. The van der Waals surface area contributed by atoms with Crippen LogP contribution in [0, 0.1) is 11.3 Å². The number of aromatic amines is 1. The van der Waals surface area contributed by atoms with Crippen LogP contribution in [0.1, 0.15) is 50.4 Å². The molecule has 0 spiro atoms. The summed E-state index contributed by atoms with van der Waals surface area (Å²) in [5, 5.41) is 0.937. The van der Waals surface area contributed by atoms with Crippen LogP contribution < -0.4 is 4.74 Å². The van der Waals surface area contributed by atoms with Crippen LogP contribution in [0.2, 0.25) is 0 Å². The molecule has 3 rings (SSSR count). The zero-order valence-electron chi connectivity index (χ0n) is 13.0. The summed E-state index contributed by atoms with van der Waals surface area (Å²) >= 11 is 0. The summed E-state index contributed by atoms with van der Waals surface area (Å²) in [6.07, 6.45) is 5.12. The molecule has 0 bridgehead atoms. The van der Waals surface area contributed by atoms with Crippen molar-refractivity contribution in [3.05, 3.63) is 30.0 Å². The van der Waals surface area contributed by atoms with Crippen LogP contribution in [0.3, 0.4) is 0 Å². The minimum absolute atomic E-state index is 0.0984. The van der Waals surface area contributed by atoms with Crippen LogP contribution in [0.5, 0.6) is 5.75 Å². The molecule has 1 atom stereocenters. The Morgan fingerprint density at radius 1 is 1.43 bits per heavy atom. The Balaban J connectivity index is 2.06. The molecule has 1 aromatic heterocycles. The minimum Gasteiger partial charge on any atom is -0.493 e. The Morgan fingerprint density at radius 3 is 2.90 bits per heavy atom. The van der Waals surface area contributed by atoms with Crippen molar-refractivity contribution in [1.29, 1.82) is 0 Å². The fourth-order valence-electron chi connectivity index (χ4n) is 3.62. The van der Waals surface area contributed by atoms with Gasteiger partial charge in [0.25, 0.3) is 0 Å². The minimum atomic E-state index is 0.0984. The van der Waals surface area contributed by atoms with Crippen molar-refractivity contribution in [3.63, 3.8) is 0 Å². The van der Waals surface area contributed by atoms with Gasteiger partial charge < -0.3 is 9.72 Å². The smallest absolute Gasteiger partial charge is 0.168 e. The molecule has 0 amide bonds. The molecule has 21 heavy (non-hydrogen) atoms. The van der Waals surface area contributed by atoms with E-state index < -0.39 is 0 Å². The Kier molecular flexibility index (Phi) is 3.52. The number of hydrogen-bond donors (Lipinski definition) is 1. The Hall–Kier alpha value is -1.77. The van der Waals surface area contributed by atoms with Crippen molar-refractivity contribution in [2.24, 2.45) is 11.3 Å². The highest BCUT2D eigenvalue weighted by Crippen LogP contribution is 2.45. The molecule has 1 aliphatic carbocycles. The monoisotopic (exact) mass is 285 g/mol. The van der Waals surface area contributed by atoms with Crippen molar-refractivity contribution in [3.8, 4) is 5.75 Å². The molecule has 1 heterocycles. The summed E-state index contributed by atoms with van der Waals surface area (Å²) < 4.78 is 5.71. The van der Waals surface area contributed by atoms with Gasteiger partial charge in [-0.25, -0.2) is 0 Å². The number of Topliss-reactive ketones (excluding diaryl/α,β-unsaturated/α-hetero) is 1. The Morgan fingerprint density at radius 2 is 2.24 bits per heavy atom. The summed E-state index contributed by atoms with van der Waals surface area (Å²) in [6.45, 7) is 6.99. The molecule has 0 aliphatic heterocycles. The van der Waals surface area contributed by atoms with Gasteiger partial charge in [0.05, 0.1) is 12.0 Å². The maximum atomic E-state index is 13.0. The number of H-pyrrole nitrogens is 1. The van der Waals surface area contributed by atoms with Gasteiger partial charge in [-0.3, -0.25) is 4.79 Å². The molecular weight excluding hydrogens is 262 g/mol. The van der Waals surface area contributed by atoms with Gasteiger partial charge in [-0.2, -0.15) is 0 Å². The number of ether oxygens (including phenoxy) is 1. The molecule has 3 nitrogen and oxygen atoms in total. The number of nitrogens with one attached hydrogen (secondary N) is 1. The van der Waals surface area contributed by atoms with E-state index in [-0.39, 0.29) is 17.1 Å². The predicted octanol–water partition coefficient (Wildman–Crippen LogP) is 4.58. The lowest BCUT2D eigenvalue weighted by Crippen LogP contribution is -2.25. The second-order valence-electron chi connectivity index (χ2n) is 6.61. The largest absolute Gasteiger partial charge is 0.493 e. The molecule has 1 unspecified atom stereocenters. The van der Waals surface area contributed by atoms with Crippen molar-refractivity contribution >= 4 is 16.7 Å². The molecule has 112 valence electrons. The first-order valence-corrected chi connectivity index (χ1v) is 7.81. The third-order valence-corrected chi connectivity index (χ3v) is 4.81. The lowest BCUT2D eigenvalue weighted by Gasteiger charge is -2.25. The molecule has 3 heteroatoms. The summed E-state index contributed by atoms with van der Waals surface area (Å²) in [6, 6.07) is 5.89. The van der Waals surface area contributed by atoms with Gasteiger partial charge in [0, 0.05) is 23.2 Å². The van der Waals surface area contributed by atoms with Gasteiger partial charge in [-0.15, -0.1) is 0 Å². The number of hydrogen-bond acceptors (Lipinski definition) is 2. The van der Waals surface area contributed by atoms with E-state index in [4.69, 9.17) is 4.74 Å². The highest BCUT2D eigenvalue weighted by atomic mass is 16.5. The molecule has 1 fully saturated rings. The number of rotatable bonds is 4. The second kappa shape index (κ2) is 5.21. The number of ketones is 1. The van der Waals surface area contributed by atoms with E-state index in [0.29, 0.717) is 6.61 Å². The van der Waals surface area contributed by atoms with Crippen molar-refractivity contribution < 1.29 is 9.53 Å².